The number of phenols is 1. The fourth-order valence-corrected chi connectivity index (χ4v) is 1.81. The summed E-state index contributed by atoms with van der Waals surface area (Å²) in [5.41, 5.74) is 2.70. The maximum absolute atomic E-state index is 11.3. The summed E-state index contributed by atoms with van der Waals surface area (Å²) in [5, 5.41) is 9.79. The van der Waals surface area contributed by atoms with Crippen molar-refractivity contribution < 1.29 is 14.6 Å². The van der Waals surface area contributed by atoms with E-state index in [2.05, 4.69) is 11.3 Å². The number of para-hydroxylation sites is 1. The highest BCUT2D eigenvalue weighted by molar-refractivity contribution is 5.90. The summed E-state index contributed by atoms with van der Waals surface area (Å²) in [6, 6.07) is 13.9. The van der Waals surface area contributed by atoms with Gasteiger partial charge in [-0.2, -0.15) is 0 Å². The predicted molar refractivity (Wildman–Crippen MR) is 74.0 cm³/mol. The van der Waals surface area contributed by atoms with Crippen molar-refractivity contribution in [2.45, 2.75) is 0 Å². The first-order chi connectivity index (χ1) is 9.13. The van der Waals surface area contributed by atoms with E-state index in [0.29, 0.717) is 16.7 Å². The van der Waals surface area contributed by atoms with Gasteiger partial charge in [0.15, 0.2) is 0 Å². The third kappa shape index (κ3) is 2.65. The summed E-state index contributed by atoms with van der Waals surface area (Å²) in [5.74, 6) is -0.190. The van der Waals surface area contributed by atoms with Crippen molar-refractivity contribution in [1.82, 2.24) is 0 Å². The summed E-state index contributed by atoms with van der Waals surface area (Å²) in [6.45, 7) is 3.97. The molecule has 0 fully saturated rings. The Morgan fingerprint density at radius 2 is 1.63 bits per heavy atom. The fraction of sp³-hybridized carbons (Fsp3) is 0.0625. The zero-order chi connectivity index (χ0) is 13.8. The van der Waals surface area contributed by atoms with Crippen LogP contribution in [0.2, 0.25) is 0 Å². The normalized spacial score (nSPS) is 9.95. The molecule has 2 aromatic rings. The molecule has 0 aromatic heterocycles. The molecular formula is C16H14O3. The van der Waals surface area contributed by atoms with Crippen LogP contribution in [0.15, 0.2) is 55.1 Å². The second-order valence-corrected chi connectivity index (χ2v) is 4.06. The van der Waals surface area contributed by atoms with Gasteiger partial charge in [-0.15, -0.1) is 0 Å². The maximum atomic E-state index is 11.3. The fourth-order valence-electron chi connectivity index (χ4n) is 1.81. The summed E-state index contributed by atoms with van der Waals surface area (Å²) >= 11 is 0. The van der Waals surface area contributed by atoms with Crippen LogP contribution in [0.25, 0.3) is 5.57 Å². The number of phenolic OH excluding ortho intramolecular Hbond substituents is 1. The van der Waals surface area contributed by atoms with E-state index in [1.54, 1.807) is 42.5 Å². The molecule has 1 N–H and O–H groups in total. The Morgan fingerprint density at radius 3 is 2.21 bits per heavy atom. The Bertz CT molecular complexity index is 612. The lowest BCUT2D eigenvalue weighted by atomic mass is 9.98. The van der Waals surface area contributed by atoms with E-state index in [1.165, 1.54) is 7.11 Å². The van der Waals surface area contributed by atoms with Crippen molar-refractivity contribution in [1.29, 1.82) is 0 Å². The molecule has 3 heteroatoms. The van der Waals surface area contributed by atoms with Crippen molar-refractivity contribution >= 4 is 11.5 Å². The highest BCUT2D eigenvalue weighted by Gasteiger charge is 2.09. The van der Waals surface area contributed by atoms with Crippen LogP contribution in [0.1, 0.15) is 21.5 Å². The smallest absolute Gasteiger partial charge is 0.337 e. The number of benzene rings is 2. The molecule has 3 nitrogen and oxygen atoms in total. The second kappa shape index (κ2) is 5.40. The summed E-state index contributed by atoms with van der Waals surface area (Å²) < 4.78 is 4.64. The molecule has 0 aliphatic heterocycles. The van der Waals surface area contributed by atoms with Gasteiger partial charge in [-0.1, -0.05) is 36.9 Å². The Labute approximate surface area is 111 Å². The van der Waals surface area contributed by atoms with Crippen LogP contribution in [0.4, 0.5) is 0 Å². The molecule has 0 saturated heterocycles. The average Bonchev–Trinajstić information content (AvgIpc) is 2.46. The van der Waals surface area contributed by atoms with Crippen LogP contribution in [-0.4, -0.2) is 18.2 Å². The maximum Gasteiger partial charge on any atom is 0.337 e. The van der Waals surface area contributed by atoms with E-state index in [9.17, 15) is 9.90 Å². The number of esters is 1. The third-order valence-corrected chi connectivity index (χ3v) is 2.88. The average molecular weight is 254 g/mol. The quantitative estimate of drug-likeness (QED) is 0.855. The molecule has 0 bridgehead atoms. The van der Waals surface area contributed by atoms with Gasteiger partial charge in [0.2, 0.25) is 0 Å². The lowest BCUT2D eigenvalue weighted by Crippen LogP contribution is -2.00. The number of ether oxygens (including phenoxy) is 1. The van der Waals surface area contributed by atoms with Gasteiger partial charge in [0.25, 0.3) is 0 Å². The highest BCUT2D eigenvalue weighted by Crippen LogP contribution is 2.28. The number of aromatic hydroxyl groups is 1. The van der Waals surface area contributed by atoms with E-state index >= 15 is 0 Å². The highest BCUT2D eigenvalue weighted by atomic mass is 16.5. The third-order valence-electron chi connectivity index (χ3n) is 2.88. The van der Waals surface area contributed by atoms with E-state index in [4.69, 9.17) is 0 Å². The molecule has 0 saturated carbocycles. The molecule has 0 amide bonds. The van der Waals surface area contributed by atoms with E-state index in [-0.39, 0.29) is 11.7 Å². The number of hydrogen-bond donors (Lipinski definition) is 1. The lowest BCUT2D eigenvalue weighted by molar-refractivity contribution is 0.0600. The van der Waals surface area contributed by atoms with Crippen molar-refractivity contribution in [3.8, 4) is 5.75 Å². The topological polar surface area (TPSA) is 46.5 Å². The Kier molecular flexibility index (Phi) is 3.66. The van der Waals surface area contributed by atoms with Crippen LogP contribution in [0, 0.1) is 0 Å². The molecule has 0 heterocycles. The van der Waals surface area contributed by atoms with E-state index in [1.807, 2.05) is 6.07 Å². The standard InChI is InChI=1S/C16H14O3/c1-11(14-5-3-4-6-15(14)17)12-7-9-13(10-8-12)16(18)19-2/h3-10,17H,1H2,2H3. The van der Waals surface area contributed by atoms with Gasteiger partial charge in [-0.3, -0.25) is 0 Å². The van der Waals surface area contributed by atoms with Gasteiger partial charge in [-0.05, 0) is 29.3 Å². The van der Waals surface area contributed by atoms with Crippen LogP contribution in [0.3, 0.4) is 0 Å². The molecule has 0 spiro atoms. The van der Waals surface area contributed by atoms with Gasteiger partial charge in [0.05, 0.1) is 12.7 Å². The first kappa shape index (κ1) is 12.9. The number of rotatable bonds is 3. The van der Waals surface area contributed by atoms with Gasteiger partial charge in [0.1, 0.15) is 5.75 Å². The first-order valence-corrected chi connectivity index (χ1v) is 5.79. The molecule has 2 aromatic carbocycles. The summed E-state index contributed by atoms with van der Waals surface area (Å²) in [7, 11) is 1.34. The minimum atomic E-state index is -0.375. The Morgan fingerprint density at radius 1 is 1.05 bits per heavy atom. The zero-order valence-corrected chi connectivity index (χ0v) is 10.6. The van der Waals surface area contributed by atoms with Gasteiger partial charge in [0, 0.05) is 5.56 Å². The molecule has 2 rings (SSSR count). The molecule has 0 aliphatic carbocycles. The second-order valence-electron chi connectivity index (χ2n) is 4.06. The number of carbonyl (C=O) groups is 1. The van der Waals surface area contributed by atoms with Gasteiger partial charge in [-0.25, -0.2) is 4.79 Å². The van der Waals surface area contributed by atoms with Crippen molar-refractivity contribution in [3.05, 3.63) is 71.8 Å². The summed E-state index contributed by atoms with van der Waals surface area (Å²) in [4.78, 5) is 11.3. The zero-order valence-electron chi connectivity index (χ0n) is 10.6. The predicted octanol–water partition coefficient (Wildman–Crippen LogP) is 3.24. The lowest BCUT2D eigenvalue weighted by Gasteiger charge is -2.08. The number of methoxy groups -OCH3 is 1. The molecular weight excluding hydrogens is 240 g/mol. The SMILES string of the molecule is C=C(c1ccc(C(=O)OC)cc1)c1ccccc1O. The van der Waals surface area contributed by atoms with Gasteiger partial charge < -0.3 is 9.84 Å². The monoisotopic (exact) mass is 254 g/mol. The van der Waals surface area contributed by atoms with Crippen LogP contribution in [-0.2, 0) is 4.74 Å². The van der Waals surface area contributed by atoms with Gasteiger partial charge >= 0.3 is 5.97 Å². The van der Waals surface area contributed by atoms with Crippen LogP contribution in [0.5, 0.6) is 5.75 Å². The largest absolute Gasteiger partial charge is 0.507 e. The van der Waals surface area contributed by atoms with Crippen molar-refractivity contribution in [3.63, 3.8) is 0 Å². The number of carbonyl (C=O) groups excluding carboxylic acids is 1. The summed E-state index contributed by atoms with van der Waals surface area (Å²) in [6.07, 6.45) is 0. The van der Waals surface area contributed by atoms with E-state index < -0.39 is 0 Å². The molecule has 96 valence electrons. The molecule has 0 aliphatic rings. The Balaban J connectivity index is 2.31. The van der Waals surface area contributed by atoms with E-state index in [0.717, 1.165) is 5.56 Å². The molecule has 0 atom stereocenters. The van der Waals surface area contributed by atoms with Crippen molar-refractivity contribution in [2.24, 2.45) is 0 Å². The first-order valence-electron chi connectivity index (χ1n) is 5.79. The minimum Gasteiger partial charge on any atom is -0.507 e. The molecule has 19 heavy (non-hydrogen) atoms. The minimum absolute atomic E-state index is 0.185. The number of hydrogen-bond acceptors (Lipinski definition) is 3. The van der Waals surface area contributed by atoms with Crippen molar-refractivity contribution in [2.75, 3.05) is 7.11 Å². The van der Waals surface area contributed by atoms with Crippen LogP contribution >= 0.6 is 0 Å². The van der Waals surface area contributed by atoms with Crippen LogP contribution < -0.4 is 0 Å². The molecule has 0 radical (unpaired) electrons. The molecule has 0 unspecified atom stereocenters. The Hall–Kier alpha value is -2.55.